The van der Waals surface area contributed by atoms with Crippen molar-refractivity contribution in [2.45, 2.75) is 37.6 Å². The largest absolute Gasteiger partial charge is 0.478 e. The highest BCUT2D eigenvalue weighted by molar-refractivity contribution is 7.89. The smallest absolute Gasteiger partial charge is 0.335 e. The van der Waals surface area contributed by atoms with Gasteiger partial charge in [-0.2, -0.15) is 4.31 Å². The van der Waals surface area contributed by atoms with Crippen LogP contribution < -0.4 is 0 Å². The van der Waals surface area contributed by atoms with E-state index in [2.05, 4.69) is 0 Å². The number of rotatable bonds is 5. The summed E-state index contributed by atoms with van der Waals surface area (Å²) in [6.45, 7) is 5.46. The fourth-order valence-corrected chi connectivity index (χ4v) is 3.60. The van der Waals surface area contributed by atoms with Crippen molar-refractivity contribution in [3.05, 3.63) is 28.8 Å². The minimum Gasteiger partial charge on any atom is -0.478 e. The summed E-state index contributed by atoms with van der Waals surface area (Å²) in [5, 5.41) is 8.97. The average molecular weight is 320 g/mol. The number of sulfonamides is 1. The van der Waals surface area contributed by atoms with Crippen LogP contribution >= 0.6 is 11.6 Å². The summed E-state index contributed by atoms with van der Waals surface area (Å²) in [5.41, 5.74) is -0.711. The summed E-state index contributed by atoms with van der Waals surface area (Å²) < 4.78 is 26.4. The van der Waals surface area contributed by atoms with E-state index >= 15 is 0 Å². The van der Waals surface area contributed by atoms with Crippen LogP contribution in [-0.4, -0.2) is 36.4 Å². The zero-order valence-corrected chi connectivity index (χ0v) is 13.4. The molecule has 7 heteroatoms. The third-order valence-electron chi connectivity index (χ3n) is 3.53. The van der Waals surface area contributed by atoms with Crippen molar-refractivity contribution < 1.29 is 18.3 Å². The van der Waals surface area contributed by atoms with Gasteiger partial charge in [-0.3, -0.25) is 0 Å². The van der Waals surface area contributed by atoms with Gasteiger partial charge in [-0.1, -0.05) is 18.5 Å². The summed E-state index contributed by atoms with van der Waals surface area (Å²) in [5.74, 6) is -1.20. The first kappa shape index (κ1) is 16.9. The van der Waals surface area contributed by atoms with E-state index < -0.39 is 21.5 Å². The van der Waals surface area contributed by atoms with Gasteiger partial charge in [0, 0.05) is 12.6 Å². The van der Waals surface area contributed by atoms with Crippen molar-refractivity contribution in [2.75, 3.05) is 7.05 Å². The van der Waals surface area contributed by atoms with Crippen LogP contribution in [0.5, 0.6) is 0 Å². The number of hydrogen-bond acceptors (Lipinski definition) is 3. The number of carboxylic acid groups (broad SMARTS) is 1. The molecule has 0 fully saturated rings. The fraction of sp³-hybridized carbons (Fsp3) is 0.462. The molecule has 0 aromatic heterocycles. The highest BCUT2D eigenvalue weighted by Crippen LogP contribution is 2.30. The van der Waals surface area contributed by atoms with Gasteiger partial charge in [0.1, 0.15) is 4.90 Å². The zero-order valence-electron chi connectivity index (χ0n) is 11.8. The summed E-state index contributed by atoms with van der Waals surface area (Å²) in [6.07, 6.45) is 0.610. The molecule has 0 amide bonds. The van der Waals surface area contributed by atoms with Gasteiger partial charge in [0.25, 0.3) is 0 Å². The molecule has 20 heavy (non-hydrogen) atoms. The third-order valence-corrected chi connectivity index (χ3v) is 6.08. The van der Waals surface area contributed by atoms with Gasteiger partial charge in [-0.05, 0) is 38.5 Å². The van der Waals surface area contributed by atoms with E-state index in [1.165, 1.54) is 23.5 Å². The lowest BCUT2D eigenvalue weighted by Gasteiger charge is -2.33. The van der Waals surface area contributed by atoms with Gasteiger partial charge >= 0.3 is 5.97 Å². The zero-order chi connectivity index (χ0) is 15.7. The Morgan fingerprint density at radius 3 is 2.40 bits per heavy atom. The van der Waals surface area contributed by atoms with Crippen LogP contribution in [0, 0.1) is 0 Å². The molecule has 0 aliphatic rings. The second-order valence-electron chi connectivity index (χ2n) is 5.09. The summed E-state index contributed by atoms with van der Waals surface area (Å²) in [6, 6.07) is 3.64. The number of aromatic carboxylic acids is 1. The molecule has 1 N–H and O–H groups in total. The van der Waals surface area contributed by atoms with Gasteiger partial charge in [0.05, 0.1) is 10.6 Å². The molecule has 0 atom stereocenters. The minimum atomic E-state index is -3.86. The number of halogens is 1. The molecule has 0 aliphatic heterocycles. The molecule has 112 valence electrons. The van der Waals surface area contributed by atoms with Crippen molar-refractivity contribution in [1.29, 1.82) is 0 Å². The normalized spacial score (nSPS) is 12.7. The first-order valence-corrected chi connectivity index (χ1v) is 7.87. The lowest BCUT2D eigenvalue weighted by Crippen LogP contribution is -2.44. The maximum atomic E-state index is 12.6. The molecule has 0 bridgehead atoms. The number of hydrogen-bond donors (Lipinski definition) is 1. The molecule has 0 spiro atoms. The first-order valence-electron chi connectivity index (χ1n) is 6.06. The molecule has 0 aliphatic carbocycles. The molecule has 0 radical (unpaired) electrons. The van der Waals surface area contributed by atoms with Gasteiger partial charge in [0.15, 0.2) is 0 Å². The van der Waals surface area contributed by atoms with Crippen LogP contribution in [0.15, 0.2) is 23.1 Å². The van der Waals surface area contributed by atoms with Crippen LogP contribution in [0.4, 0.5) is 0 Å². The highest BCUT2D eigenvalue weighted by atomic mass is 35.5. The Balaban J connectivity index is 3.43. The van der Waals surface area contributed by atoms with E-state index in [1.54, 1.807) is 13.8 Å². The molecule has 0 saturated carbocycles. The lowest BCUT2D eigenvalue weighted by molar-refractivity contribution is 0.0696. The Kier molecular flexibility index (Phi) is 4.84. The second-order valence-corrected chi connectivity index (χ2v) is 7.43. The molecular weight excluding hydrogens is 302 g/mol. The molecule has 0 heterocycles. The average Bonchev–Trinajstić information content (AvgIpc) is 2.37. The Bertz CT molecular complexity index is 625. The highest BCUT2D eigenvalue weighted by Gasteiger charge is 2.34. The topological polar surface area (TPSA) is 74.7 Å². The minimum absolute atomic E-state index is 0.00810. The Morgan fingerprint density at radius 2 is 1.95 bits per heavy atom. The summed E-state index contributed by atoms with van der Waals surface area (Å²) >= 11 is 5.92. The van der Waals surface area contributed by atoms with E-state index in [4.69, 9.17) is 16.7 Å². The Morgan fingerprint density at radius 1 is 1.40 bits per heavy atom. The molecule has 1 aromatic rings. The Labute approximate surface area is 124 Å². The number of carboxylic acids is 1. The number of benzene rings is 1. The van der Waals surface area contributed by atoms with Gasteiger partial charge in [-0.25, -0.2) is 13.2 Å². The predicted molar refractivity (Wildman–Crippen MR) is 77.7 cm³/mol. The van der Waals surface area contributed by atoms with Crippen molar-refractivity contribution in [3.8, 4) is 0 Å². The van der Waals surface area contributed by atoms with E-state index in [9.17, 15) is 13.2 Å². The van der Waals surface area contributed by atoms with Crippen LogP contribution in [0.3, 0.4) is 0 Å². The molecule has 1 aromatic carbocycles. The SMILES string of the molecule is CCC(C)(C)N(C)S(=O)(=O)c1cc(C(=O)O)ccc1Cl. The van der Waals surface area contributed by atoms with Crippen LogP contribution in [0.25, 0.3) is 0 Å². The van der Waals surface area contributed by atoms with Crippen molar-refractivity contribution in [2.24, 2.45) is 0 Å². The van der Waals surface area contributed by atoms with Gasteiger partial charge < -0.3 is 5.11 Å². The van der Waals surface area contributed by atoms with E-state index in [-0.39, 0.29) is 15.5 Å². The third kappa shape index (κ3) is 3.13. The predicted octanol–water partition coefficient (Wildman–Crippen LogP) is 2.85. The van der Waals surface area contributed by atoms with Crippen LogP contribution in [0.2, 0.25) is 5.02 Å². The first-order chi connectivity index (χ1) is 9.04. The maximum absolute atomic E-state index is 12.6. The number of carbonyl (C=O) groups is 1. The molecule has 0 saturated heterocycles. The molecule has 0 unspecified atom stereocenters. The lowest BCUT2D eigenvalue weighted by atomic mass is 10.0. The summed E-state index contributed by atoms with van der Waals surface area (Å²) in [7, 11) is -2.40. The standard InChI is InChI=1S/C13H18ClNO4S/c1-5-13(2,3)15(4)20(18,19)11-8-9(12(16)17)6-7-10(11)14/h6-8H,5H2,1-4H3,(H,16,17). The maximum Gasteiger partial charge on any atom is 0.335 e. The molecule has 5 nitrogen and oxygen atoms in total. The number of nitrogens with zero attached hydrogens (tertiary/aromatic N) is 1. The van der Waals surface area contributed by atoms with Gasteiger partial charge in [-0.15, -0.1) is 0 Å². The molecule has 1 rings (SSSR count). The quantitative estimate of drug-likeness (QED) is 0.905. The van der Waals surface area contributed by atoms with E-state index in [1.807, 2.05) is 6.92 Å². The fourth-order valence-electron chi connectivity index (χ4n) is 1.53. The van der Waals surface area contributed by atoms with Gasteiger partial charge in [0.2, 0.25) is 10.0 Å². The monoisotopic (exact) mass is 319 g/mol. The van der Waals surface area contributed by atoms with Crippen molar-refractivity contribution >= 4 is 27.6 Å². The summed E-state index contributed by atoms with van der Waals surface area (Å²) in [4.78, 5) is 10.8. The van der Waals surface area contributed by atoms with Crippen molar-refractivity contribution in [1.82, 2.24) is 4.31 Å². The van der Waals surface area contributed by atoms with Crippen LogP contribution in [-0.2, 0) is 10.0 Å². The Hall–Kier alpha value is -1.11. The van der Waals surface area contributed by atoms with Crippen LogP contribution in [0.1, 0.15) is 37.6 Å². The second kappa shape index (κ2) is 5.71. The molecular formula is C13H18ClNO4S. The van der Waals surface area contributed by atoms with E-state index in [0.29, 0.717) is 6.42 Å². The van der Waals surface area contributed by atoms with E-state index in [0.717, 1.165) is 6.07 Å². The van der Waals surface area contributed by atoms with Crippen molar-refractivity contribution in [3.63, 3.8) is 0 Å².